The van der Waals surface area contributed by atoms with Crippen molar-refractivity contribution in [3.63, 3.8) is 0 Å². The first kappa shape index (κ1) is 15.8. The molecule has 0 saturated carbocycles. The summed E-state index contributed by atoms with van der Waals surface area (Å²) in [4.78, 5) is 22.9. The normalized spacial score (nSPS) is 10.2. The molecule has 0 aliphatic heterocycles. The van der Waals surface area contributed by atoms with Gasteiger partial charge in [-0.05, 0) is 64.7 Å². The van der Waals surface area contributed by atoms with E-state index in [0.717, 1.165) is 20.5 Å². The van der Waals surface area contributed by atoms with Crippen LogP contribution >= 0.6 is 33.9 Å². The number of aromatic carboxylic acids is 1. The monoisotopic (exact) mass is 417 g/mol. The van der Waals surface area contributed by atoms with Crippen LogP contribution in [0.2, 0.25) is 0 Å². The SMILES string of the molecule is Cc1cc(I)ccc1NC(=O)COc1ccsc1C(=O)O. The summed E-state index contributed by atoms with van der Waals surface area (Å²) < 4.78 is 6.34. The van der Waals surface area contributed by atoms with Gasteiger partial charge in [-0.2, -0.15) is 0 Å². The molecule has 0 aliphatic carbocycles. The van der Waals surface area contributed by atoms with Crippen LogP contribution in [-0.4, -0.2) is 23.6 Å². The fraction of sp³-hybridized carbons (Fsp3) is 0.143. The minimum absolute atomic E-state index is 0.0910. The molecule has 2 aromatic rings. The van der Waals surface area contributed by atoms with Crippen molar-refractivity contribution >= 4 is 51.5 Å². The predicted molar refractivity (Wildman–Crippen MR) is 89.3 cm³/mol. The van der Waals surface area contributed by atoms with Crippen LogP contribution in [-0.2, 0) is 4.79 Å². The van der Waals surface area contributed by atoms with Crippen molar-refractivity contribution < 1.29 is 19.4 Å². The molecule has 1 amide bonds. The number of nitrogens with one attached hydrogen (secondary N) is 1. The molecule has 5 nitrogen and oxygen atoms in total. The van der Waals surface area contributed by atoms with Gasteiger partial charge in [-0.25, -0.2) is 4.79 Å². The highest BCUT2D eigenvalue weighted by atomic mass is 127. The quantitative estimate of drug-likeness (QED) is 0.732. The maximum absolute atomic E-state index is 11.8. The Balaban J connectivity index is 1.96. The van der Waals surface area contributed by atoms with E-state index in [1.54, 1.807) is 5.38 Å². The number of halogens is 1. The molecule has 0 unspecified atom stereocenters. The van der Waals surface area contributed by atoms with E-state index in [-0.39, 0.29) is 23.1 Å². The third kappa shape index (κ3) is 4.18. The first-order valence-corrected chi connectivity index (χ1v) is 7.93. The molecule has 7 heteroatoms. The van der Waals surface area contributed by atoms with Gasteiger partial charge < -0.3 is 15.2 Å². The number of ether oxygens (including phenoxy) is 1. The highest BCUT2D eigenvalue weighted by Crippen LogP contribution is 2.24. The Morgan fingerprint density at radius 2 is 2.14 bits per heavy atom. The van der Waals surface area contributed by atoms with Gasteiger partial charge in [-0.3, -0.25) is 4.79 Å². The fourth-order valence-corrected chi connectivity index (χ4v) is 2.98. The molecule has 0 aliphatic rings. The van der Waals surface area contributed by atoms with Gasteiger partial charge in [0, 0.05) is 9.26 Å². The summed E-state index contributed by atoms with van der Waals surface area (Å²) in [7, 11) is 0. The second kappa shape index (κ2) is 6.90. The lowest BCUT2D eigenvalue weighted by molar-refractivity contribution is -0.118. The lowest BCUT2D eigenvalue weighted by atomic mass is 10.2. The summed E-state index contributed by atoms with van der Waals surface area (Å²) >= 11 is 3.26. The summed E-state index contributed by atoms with van der Waals surface area (Å²) in [6, 6.07) is 7.21. The van der Waals surface area contributed by atoms with Gasteiger partial charge in [-0.15, -0.1) is 11.3 Å². The van der Waals surface area contributed by atoms with E-state index in [2.05, 4.69) is 27.9 Å². The summed E-state index contributed by atoms with van der Waals surface area (Å²) in [6.07, 6.45) is 0. The highest BCUT2D eigenvalue weighted by Gasteiger charge is 2.14. The van der Waals surface area contributed by atoms with Crippen molar-refractivity contribution in [1.29, 1.82) is 0 Å². The number of hydrogen-bond acceptors (Lipinski definition) is 4. The van der Waals surface area contributed by atoms with E-state index >= 15 is 0 Å². The Bertz CT molecular complexity index is 683. The number of thiophene rings is 1. The van der Waals surface area contributed by atoms with Gasteiger partial charge in [0.2, 0.25) is 0 Å². The molecule has 1 heterocycles. The molecular weight excluding hydrogens is 405 g/mol. The van der Waals surface area contributed by atoms with E-state index in [1.807, 2.05) is 25.1 Å². The van der Waals surface area contributed by atoms with Gasteiger partial charge in [0.15, 0.2) is 11.5 Å². The number of anilines is 1. The van der Waals surface area contributed by atoms with Crippen LogP contribution < -0.4 is 10.1 Å². The molecule has 0 atom stereocenters. The zero-order valence-electron chi connectivity index (χ0n) is 11.1. The second-order valence-electron chi connectivity index (χ2n) is 4.22. The van der Waals surface area contributed by atoms with Gasteiger partial charge in [0.05, 0.1) is 0 Å². The first-order chi connectivity index (χ1) is 9.97. The summed E-state index contributed by atoms with van der Waals surface area (Å²) in [6.45, 7) is 1.67. The summed E-state index contributed by atoms with van der Waals surface area (Å²) in [5.74, 6) is -1.18. The summed E-state index contributed by atoms with van der Waals surface area (Å²) in [5, 5.41) is 13.3. The predicted octanol–water partition coefficient (Wildman–Crippen LogP) is 3.38. The molecule has 0 saturated heterocycles. The lowest BCUT2D eigenvalue weighted by Gasteiger charge is -2.09. The van der Waals surface area contributed by atoms with E-state index < -0.39 is 5.97 Å². The standard InChI is InChI=1S/C14H12INO4S/c1-8-6-9(15)2-3-10(8)16-12(17)7-20-11-4-5-21-13(11)14(18)19/h2-6H,7H2,1H3,(H,16,17)(H,18,19). The lowest BCUT2D eigenvalue weighted by Crippen LogP contribution is -2.21. The van der Waals surface area contributed by atoms with E-state index in [0.29, 0.717) is 5.69 Å². The van der Waals surface area contributed by atoms with Crippen LogP contribution in [0.1, 0.15) is 15.2 Å². The third-order valence-corrected chi connectivity index (χ3v) is 4.20. The highest BCUT2D eigenvalue weighted by molar-refractivity contribution is 14.1. The van der Waals surface area contributed by atoms with E-state index in [1.165, 1.54) is 6.07 Å². The number of benzene rings is 1. The van der Waals surface area contributed by atoms with Crippen LogP contribution in [0.15, 0.2) is 29.6 Å². The molecule has 110 valence electrons. The topological polar surface area (TPSA) is 75.6 Å². The van der Waals surface area contributed by atoms with E-state index in [9.17, 15) is 9.59 Å². The van der Waals surface area contributed by atoms with Crippen LogP contribution in [0.5, 0.6) is 5.75 Å². The van der Waals surface area contributed by atoms with Gasteiger partial charge >= 0.3 is 5.97 Å². The average Bonchev–Trinajstić information content (AvgIpc) is 2.88. The smallest absolute Gasteiger partial charge is 0.349 e. The Morgan fingerprint density at radius 1 is 1.38 bits per heavy atom. The number of aryl methyl sites for hydroxylation is 1. The minimum Gasteiger partial charge on any atom is -0.482 e. The van der Waals surface area contributed by atoms with Crippen LogP contribution in [0.4, 0.5) is 5.69 Å². The maximum atomic E-state index is 11.8. The largest absolute Gasteiger partial charge is 0.482 e. The van der Waals surface area contributed by atoms with Crippen molar-refractivity contribution in [1.82, 2.24) is 0 Å². The number of carbonyl (C=O) groups is 2. The Labute approximate surface area is 139 Å². The number of rotatable bonds is 5. The molecule has 0 bridgehead atoms. The Hall–Kier alpha value is -1.61. The number of carbonyl (C=O) groups excluding carboxylic acids is 1. The summed E-state index contributed by atoms with van der Waals surface area (Å²) in [5.41, 5.74) is 1.67. The molecular formula is C14H12INO4S. The Morgan fingerprint density at radius 3 is 2.81 bits per heavy atom. The fourth-order valence-electron chi connectivity index (χ4n) is 1.66. The van der Waals surface area contributed by atoms with Crippen molar-refractivity contribution in [2.24, 2.45) is 0 Å². The van der Waals surface area contributed by atoms with Crippen LogP contribution in [0.25, 0.3) is 0 Å². The molecule has 0 radical (unpaired) electrons. The van der Waals surface area contributed by atoms with Gasteiger partial charge in [-0.1, -0.05) is 0 Å². The van der Waals surface area contributed by atoms with Crippen molar-refractivity contribution in [3.8, 4) is 5.75 Å². The second-order valence-corrected chi connectivity index (χ2v) is 6.38. The zero-order chi connectivity index (χ0) is 15.4. The number of carboxylic acids is 1. The number of carboxylic acid groups (broad SMARTS) is 1. The van der Waals surface area contributed by atoms with Crippen molar-refractivity contribution in [2.45, 2.75) is 6.92 Å². The maximum Gasteiger partial charge on any atom is 0.349 e. The average molecular weight is 417 g/mol. The molecule has 2 rings (SSSR count). The molecule has 21 heavy (non-hydrogen) atoms. The van der Waals surface area contributed by atoms with Gasteiger partial charge in [0.1, 0.15) is 5.75 Å². The van der Waals surface area contributed by atoms with Crippen molar-refractivity contribution in [2.75, 3.05) is 11.9 Å². The first-order valence-electron chi connectivity index (χ1n) is 5.97. The molecule has 1 aromatic heterocycles. The van der Waals surface area contributed by atoms with Crippen LogP contribution in [0, 0.1) is 10.5 Å². The molecule has 2 N–H and O–H groups in total. The van der Waals surface area contributed by atoms with E-state index in [4.69, 9.17) is 9.84 Å². The minimum atomic E-state index is -1.06. The number of hydrogen-bond donors (Lipinski definition) is 2. The van der Waals surface area contributed by atoms with Gasteiger partial charge in [0.25, 0.3) is 5.91 Å². The molecule has 0 fully saturated rings. The number of amides is 1. The third-order valence-electron chi connectivity index (χ3n) is 2.64. The van der Waals surface area contributed by atoms with Crippen molar-refractivity contribution in [3.05, 3.63) is 43.7 Å². The zero-order valence-corrected chi connectivity index (χ0v) is 14.0. The Kier molecular flexibility index (Phi) is 5.18. The molecule has 0 spiro atoms. The molecule has 1 aromatic carbocycles. The van der Waals surface area contributed by atoms with Crippen LogP contribution in [0.3, 0.4) is 0 Å².